The van der Waals surface area contributed by atoms with Gasteiger partial charge in [-0.1, -0.05) is 17.7 Å². The summed E-state index contributed by atoms with van der Waals surface area (Å²) in [6.45, 7) is 1.60. The van der Waals surface area contributed by atoms with Crippen LogP contribution in [0.3, 0.4) is 0 Å². The Morgan fingerprint density at radius 1 is 1.58 bits per heavy atom. The Bertz CT molecular complexity index is 433. The Hall–Kier alpha value is -0.810. The Labute approximate surface area is 118 Å². The zero-order valence-electron chi connectivity index (χ0n) is 11.1. The summed E-state index contributed by atoms with van der Waals surface area (Å²) in [6.07, 6.45) is 1.09. The largest absolute Gasteiger partial charge is 0.495 e. The molecule has 1 aromatic carbocycles. The molecule has 0 bridgehead atoms. The van der Waals surface area contributed by atoms with Crippen molar-refractivity contribution in [2.45, 2.75) is 18.9 Å². The maximum Gasteiger partial charge on any atom is 0.137 e. The fourth-order valence-corrected chi connectivity index (χ4v) is 2.83. The Morgan fingerprint density at radius 2 is 2.37 bits per heavy atom. The first-order valence-corrected chi connectivity index (χ1v) is 6.80. The smallest absolute Gasteiger partial charge is 0.137 e. The lowest BCUT2D eigenvalue weighted by Gasteiger charge is -2.40. The first kappa shape index (κ1) is 14.6. The summed E-state index contributed by atoms with van der Waals surface area (Å²) in [5, 5.41) is 11.1. The van der Waals surface area contributed by atoms with E-state index in [2.05, 4.69) is 0 Å². The second-order valence-corrected chi connectivity index (χ2v) is 5.43. The van der Waals surface area contributed by atoms with Gasteiger partial charge in [0.2, 0.25) is 0 Å². The van der Waals surface area contributed by atoms with Crippen LogP contribution in [0.5, 0.6) is 5.75 Å². The van der Waals surface area contributed by atoms with Gasteiger partial charge >= 0.3 is 0 Å². The van der Waals surface area contributed by atoms with Crippen LogP contribution in [0.2, 0.25) is 5.02 Å². The summed E-state index contributed by atoms with van der Waals surface area (Å²) in [5.74, 6) is 0.597. The lowest BCUT2D eigenvalue weighted by Crippen LogP contribution is -2.43. The average Bonchev–Trinajstić information content (AvgIpc) is 2.47. The van der Waals surface area contributed by atoms with Crippen molar-refractivity contribution in [3.8, 4) is 5.75 Å². The number of aliphatic hydroxyl groups excluding tert-OH is 1. The Balaban J connectivity index is 2.26. The van der Waals surface area contributed by atoms with Gasteiger partial charge in [-0.3, -0.25) is 0 Å². The van der Waals surface area contributed by atoms with E-state index < -0.39 is 11.5 Å². The summed E-state index contributed by atoms with van der Waals surface area (Å²) >= 11 is 6.10. The van der Waals surface area contributed by atoms with Gasteiger partial charge in [-0.25, -0.2) is 0 Å². The molecule has 4 nitrogen and oxygen atoms in total. The van der Waals surface area contributed by atoms with E-state index in [1.807, 2.05) is 6.07 Å². The van der Waals surface area contributed by atoms with Crippen LogP contribution in [0.1, 0.15) is 24.5 Å². The van der Waals surface area contributed by atoms with Crippen LogP contribution in [0, 0.1) is 5.41 Å². The first-order chi connectivity index (χ1) is 9.13. The fraction of sp³-hybridized carbons (Fsp3) is 0.571. The molecule has 2 unspecified atom stereocenters. The molecule has 1 aliphatic heterocycles. The van der Waals surface area contributed by atoms with Crippen molar-refractivity contribution in [3.05, 3.63) is 28.8 Å². The minimum Gasteiger partial charge on any atom is -0.495 e. The molecule has 1 heterocycles. The molecular formula is C14H20ClNO3. The molecule has 0 radical (unpaired) electrons. The van der Waals surface area contributed by atoms with Crippen LogP contribution < -0.4 is 10.5 Å². The van der Waals surface area contributed by atoms with Crippen LogP contribution in [0.25, 0.3) is 0 Å². The molecule has 0 amide bonds. The quantitative estimate of drug-likeness (QED) is 0.889. The van der Waals surface area contributed by atoms with E-state index in [0.717, 1.165) is 25.0 Å². The van der Waals surface area contributed by atoms with Crippen molar-refractivity contribution in [3.63, 3.8) is 0 Å². The van der Waals surface area contributed by atoms with Crippen LogP contribution in [-0.4, -0.2) is 32.0 Å². The third-order valence-corrected chi connectivity index (χ3v) is 4.13. The molecule has 2 rings (SSSR count). The van der Waals surface area contributed by atoms with E-state index in [1.165, 1.54) is 0 Å². The van der Waals surface area contributed by atoms with E-state index in [1.54, 1.807) is 19.2 Å². The molecule has 19 heavy (non-hydrogen) atoms. The van der Waals surface area contributed by atoms with Crippen molar-refractivity contribution >= 4 is 11.6 Å². The molecule has 2 atom stereocenters. The maximum absolute atomic E-state index is 10.6. The van der Waals surface area contributed by atoms with Gasteiger partial charge in [-0.15, -0.1) is 0 Å². The lowest BCUT2D eigenvalue weighted by molar-refractivity contribution is -0.0782. The predicted molar refractivity (Wildman–Crippen MR) is 74.5 cm³/mol. The highest BCUT2D eigenvalue weighted by Crippen LogP contribution is 2.41. The predicted octanol–water partition coefficient (Wildman–Crippen LogP) is 2.14. The molecule has 0 aliphatic carbocycles. The monoisotopic (exact) mass is 285 g/mol. The highest BCUT2D eigenvalue weighted by atomic mass is 35.5. The minimum absolute atomic E-state index is 0.387. The van der Waals surface area contributed by atoms with Crippen LogP contribution in [0.4, 0.5) is 0 Å². The van der Waals surface area contributed by atoms with Gasteiger partial charge in [-0.05, 0) is 30.5 Å². The van der Waals surface area contributed by atoms with Gasteiger partial charge < -0.3 is 20.3 Å². The van der Waals surface area contributed by atoms with Gasteiger partial charge in [0, 0.05) is 18.6 Å². The summed E-state index contributed by atoms with van der Waals surface area (Å²) in [4.78, 5) is 0. The van der Waals surface area contributed by atoms with Crippen LogP contribution >= 0.6 is 11.6 Å². The van der Waals surface area contributed by atoms with E-state index in [0.29, 0.717) is 23.9 Å². The molecule has 1 aromatic rings. The SMILES string of the molecule is COc1ccc(C(O)C2(CN)CCCOC2)cc1Cl. The Morgan fingerprint density at radius 3 is 2.89 bits per heavy atom. The second-order valence-electron chi connectivity index (χ2n) is 5.02. The number of ether oxygens (including phenoxy) is 2. The average molecular weight is 286 g/mol. The number of hydrogen-bond donors (Lipinski definition) is 2. The molecule has 5 heteroatoms. The Kier molecular flexibility index (Phi) is 4.68. The highest BCUT2D eigenvalue weighted by Gasteiger charge is 2.39. The number of benzene rings is 1. The molecule has 1 saturated heterocycles. The molecule has 106 valence electrons. The minimum atomic E-state index is -0.679. The van der Waals surface area contributed by atoms with Crippen LogP contribution in [-0.2, 0) is 4.74 Å². The molecular weight excluding hydrogens is 266 g/mol. The molecule has 0 spiro atoms. The second kappa shape index (κ2) is 6.09. The maximum atomic E-state index is 10.6. The standard InChI is InChI=1S/C14H20ClNO3/c1-18-12-4-3-10(7-11(12)15)13(17)14(8-16)5-2-6-19-9-14/h3-4,7,13,17H,2,5-6,8-9,16H2,1H3. The van der Waals surface area contributed by atoms with Gasteiger partial charge in [0.15, 0.2) is 0 Å². The number of aliphatic hydroxyl groups is 1. The molecule has 0 saturated carbocycles. The zero-order valence-corrected chi connectivity index (χ0v) is 11.8. The fourth-order valence-electron chi connectivity index (χ4n) is 2.57. The number of nitrogens with two attached hydrogens (primary N) is 1. The number of rotatable bonds is 4. The molecule has 0 aromatic heterocycles. The van der Waals surface area contributed by atoms with Crippen molar-refractivity contribution < 1.29 is 14.6 Å². The van der Waals surface area contributed by atoms with Crippen molar-refractivity contribution in [1.82, 2.24) is 0 Å². The van der Waals surface area contributed by atoms with Gasteiger partial charge in [0.1, 0.15) is 5.75 Å². The zero-order chi connectivity index (χ0) is 13.9. The highest BCUT2D eigenvalue weighted by molar-refractivity contribution is 6.32. The van der Waals surface area contributed by atoms with E-state index in [4.69, 9.17) is 26.8 Å². The number of hydrogen-bond acceptors (Lipinski definition) is 4. The van der Waals surface area contributed by atoms with Crippen molar-refractivity contribution in [2.75, 3.05) is 26.9 Å². The summed E-state index contributed by atoms with van der Waals surface area (Å²) in [6, 6.07) is 5.31. The van der Waals surface area contributed by atoms with Crippen molar-refractivity contribution in [1.29, 1.82) is 0 Å². The summed E-state index contributed by atoms with van der Waals surface area (Å²) < 4.78 is 10.6. The normalized spacial score (nSPS) is 25.1. The number of halogens is 1. The lowest BCUT2D eigenvalue weighted by atomic mass is 9.75. The van der Waals surface area contributed by atoms with Crippen molar-refractivity contribution in [2.24, 2.45) is 11.1 Å². The molecule has 3 N–H and O–H groups in total. The van der Waals surface area contributed by atoms with Gasteiger partial charge in [0.25, 0.3) is 0 Å². The topological polar surface area (TPSA) is 64.7 Å². The van der Waals surface area contributed by atoms with Crippen LogP contribution in [0.15, 0.2) is 18.2 Å². The summed E-state index contributed by atoms with van der Waals surface area (Å²) in [7, 11) is 1.56. The van der Waals surface area contributed by atoms with E-state index in [-0.39, 0.29) is 0 Å². The first-order valence-electron chi connectivity index (χ1n) is 6.42. The van der Waals surface area contributed by atoms with Gasteiger partial charge in [-0.2, -0.15) is 0 Å². The third kappa shape index (κ3) is 2.87. The molecule has 1 fully saturated rings. The van der Waals surface area contributed by atoms with E-state index >= 15 is 0 Å². The third-order valence-electron chi connectivity index (χ3n) is 3.83. The summed E-state index contributed by atoms with van der Waals surface area (Å²) in [5.41, 5.74) is 6.20. The van der Waals surface area contributed by atoms with Gasteiger partial charge in [0.05, 0.1) is 24.8 Å². The molecule has 1 aliphatic rings. The number of methoxy groups -OCH3 is 1. The van der Waals surface area contributed by atoms with E-state index in [9.17, 15) is 5.11 Å².